The average Bonchev–Trinajstić information content (AvgIpc) is 2.53. The van der Waals surface area contributed by atoms with Crippen molar-refractivity contribution in [3.63, 3.8) is 0 Å². The molecule has 0 aromatic carbocycles. The molecule has 0 fully saturated rings. The monoisotopic (exact) mass is 307 g/mol. The van der Waals surface area contributed by atoms with Gasteiger partial charge in [0.25, 0.3) is 10.0 Å². The van der Waals surface area contributed by atoms with Crippen LogP contribution in [0.2, 0.25) is 0 Å². The highest BCUT2D eigenvalue weighted by molar-refractivity contribution is 7.89. The Morgan fingerprint density at radius 3 is 2.52 bits per heavy atom. The Hall–Kier alpha value is -1.83. The molecule has 2 aromatic rings. The maximum absolute atomic E-state index is 12.5. The standard InChI is InChI=1S/C14H17N3O3S/c1-2-17(10-13-5-3-4-8-15-13)21(19,20)14-7-6-12(11-18)9-16-14/h3-9,18H,2,10-11H2,1H3. The Bertz CT molecular complexity index is 672. The van der Waals surface area contributed by atoms with Crippen molar-refractivity contribution < 1.29 is 13.5 Å². The van der Waals surface area contributed by atoms with E-state index in [1.54, 1.807) is 31.3 Å². The van der Waals surface area contributed by atoms with Crippen molar-refractivity contribution in [2.45, 2.75) is 25.1 Å². The first-order chi connectivity index (χ1) is 10.1. The third-order valence-electron chi connectivity index (χ3n) is 3.00. The van der Waals surface area contributed by atoms with Gasteiger partial charge >= 0.3 is 0 Å². The first-order valence-electron chi connectivity index (χ1n) is 6.53. The zero-order valence-corrected chi connectivity index (χ0v) is 12.5. The van der Waals surface area contributed by atoms with Crippen molar-refractivity contribution in [3.05, 3.63) is 54.0 Å². The van der Waals surface area contributed by atoms with Crippen molar-refractivity contribution in [2.24, 2.45) is 0 Å². The van der Waals surface area contributed by atoms with Crippen LogP contribution in [-0.4, -0.2) is 34.3 Å². The molecule has 0 amide bonds. The third-order valence-corrected chi connectivity index (χ3v) is 4.84. The second-order valence-electron chi connectivity index (χ2n) is 4.42. The van der Waals surface area contributed by atoms with Crippen molar-refractivity contribution in [1.29, 1.82) is 0 Å². The van der Waals surface area contributed by atoms with Gasteiger partial charge in [0.15, 0.2) is 5.03 Å². The summed E-state index contributed by atoms with van der Waals surface area (Å²) in [7, 11) is -3.67. The van der Waals surface area contributed by atoms with E-state index < -0.39 is 10.0 Å². The quantitative estimate of drug-likeness (QED) is 0.866. The molecule has 21 heavy (non-hydrogen) atoms. The molecule has 2 aromatic heterocycles. The smallest absolute Gasteiger partial charge is 0.260 e. The summed E-state index contributed by atoms with van der Waals surface area (Å²) in [6, 6.07) is 8.33. The SMILES string of the molecule is CCN(Cc1ccccn1)S(=O)(=O)c1ccc(CO)cn1. The highest BCUT2D eigenvalue weighted by Gasteiger charge is 2.24. The van der Waals surface area contributed by atoms with Crippen molar-refractivity contribution in [3.8, 4) is 0 Å². The summed E-state index contributed by atoms with van der Waals surface area (Å²) in [4.78, 5) is 8.06. The van der Waals surface area contributed by atoms with Crippen LogP contribution in [-0.2, 0) is 23.2 Å². The fourth-order valence-electron chi connectivity index (χ4n) is 1.83. The van der Waals surface area contributed by atoms with Crippen LogP contribution in [0.25, 0.3) is 0 Å². The summed E-state index contributed by atoms with van der Waals surface area (Å²) in [5, 5.41) is 8.94. The van der Waals surface area contributed by atoms with Gasteiger partial charge in [-0.15, -0.1) is 0 Å². The third kappa shape index (κ3) is 3.63. The van der Waals surface area contributed by atoms with E-state index in [2.05, 4.69) is 9.97 Å². The first kappa shape index (κ1) is 15.6. The van der Waals surface area contributed by atoms with Crippen molar-refractivity contribution >= 4 is 10.0 Å². The number of rotatable bonds is 6. The predicted octanol–water partition coefficient (Wildman–Crippen LogP) is 1.18. The molecular weight excluding hydrogens is 290 g/mol. The van der Waals surface area contributed by atoms with Gasteiger partial charge in [-0.25, -0.2) is 13.4 Å². The van der Waals surface area contributed by atoms with E-state index in [4.69, 9.17) is 5.11 Å². The molecule has 6 nitrogen and oxygen atoms in total. The Labute approximate surface area is 124 Å². The Kier molecular flexibility index (Phi) is 5.00. The van der Waals surface area contributed by atoms with Crippen LogP contribution >= 0.6 is 0 Å². The van der Waals surface area contributed by atoms with Crippen LogP contribution < -0.4 is 0 Å². The summed E-state index contributed by atoms with van der Waals surface area (Å²) in [6.07, 6.45) is 2.99. The highest BCUT2D eigenvalue weighted by Crippen LogP contribution is 2.16. The zero-order valence-electron chi connectivity index (χ0n) is 11.7. The topological polar surface area (TPSA) is 83.4 Å². The Balaban J connectivity index is 2.26. The summed E-state index contributed by atoms with van der Waals surface area (Å²) < 4.78 is 26.4. The van der Waals surface area contributed by atoms with E-state index in [0.29, 0.717) is 17.8 Å². The number of hydrogen-bond acceptors (Lipinski definition) is 5. The summed E-state index contributed by atoms with van der Waals surface area (Å²) in [5.74, 6) is 0. The van der Waals surface area contributed by atoms with E-state index in [9.17, 15) is 8.42 Å². The Morgan fingerprint density at radius 1 is 1.19 bits per heavy atom. The molecule has 0 aliphatic carbocycles. The molecule has 0 bridgehead atoms. The predicted molar refractivity (Wildman–Crippen MR) is 77.7 cm³/mol. The van der Waals surface area contributed by atoms with E-state index in [1.807, 2.05) is 6.07 Å². The minimum Gasteiger partial charge on any atom is -0.392 e. The lowest BCUT2D eigenvalue weighted by Gasteiger charge is -2.19. The fraction of sp³-hybridized carbons (Fsp3) is 0.286. The first-order valence-corrected chi connectivity index (χ1v) is 7.97. The normalized spacial score (nSPS) is 11.8. The maximum atomic E-state index is 12.5. The van der Waals surface area contributed by atoms with E-state index in [0.717, 1.165) is 0 Å². The van der Waals surface area contributed by atoms with Crippen LogP contribution in [0, 0.1) is 0 Å². The molecule has 1 N–H and O–H groups in total. The number of aliphatic hydroxyl groups excluding tert-OH is 1. The van der Waals surface area contributed by atoms with Crippen molar-refractivity contribution in [2.75, 3.05) is 6.54 Å². The number of aliphatic hydroxyl groups is 1. The van der Waals surface area contributed by atoms with Gasteiger partial charge in [0.2, 0.25) is 0 Å². The van der Waals surface area contributed by atoms with Gasteiger partial charge in [-0.05, 0) is 23.8 Å². The molecule has 0 saturated carbocycles. The van der Waals surface area contributed by atoms with Crippen LogP contribution in [0.4, 0.5) is 0 Å². The molecule has 7 heteroatoms. The Morgan fingerprint density at radius 2 is 2.00 bits per heavy atom. The molecule has 0 spiro atoms. The van der Waals surface area contributed by atoms with Gasteiger partial charge < -0.3 is 5.11 Å². The number of pyridine rings is 2. The van der Waals surface area contributed by atoms with E-state index >= 15 is 0 Å². The molecule has 0 aliphatic rings. The lowest BCUT2D eigenvalue weighted by Crippen LogP contribution is -2.31. The largest absolute Gasteiger partial charge is 0.392 e. The number of nitrogens with zero attached hydrogens (tertiary/aromatic N) is 3. The molecule has 112 valence electrons. The van der Waals surface area contributed by atoms with Crippen LogP contribution in [0.3, 0.4) is 0 Å². The molecule has 0 saturated heterocycles. The van der Waals surface area contributed by atoms with Gasteiger partial charge in [0.05, 0.1) is 18.8 Å². The molecular formula is C14H17N3O3S. The number of sulfonamides is 1. The van der Waals surface area contributed by atoms with Gasteiger partial charge in [-0.1, -0.05) is 19.1 Å². The minimum atomic E-state index is -3.67. The van der Waals surface area contributed by atoms with E-state index in [-0.39, 0.29) is 18.2 Å². The summed E-state index contributed by atoms with van der Waals surface area (Å²) >= 11 is 0. The molecule has 2 heterocycles. The zero-order chi connectivity index (χ0) is 15.3. The number of aromatic nitrogens is 2. The second kappa shape index (κ2) is 6.75. The van der Waals surface area contributed by atoms with Crippen LogP contribution in [0.5, 0.6) is 0 Å². The minimum absolute atomic E-state index is 0.0301. The molecule has 0 radical (unpaired) electrons. The summed E-state index contributed by atoms with van der Waals surface area (Å²) in [5.41, 5.74) is 1.25. The van der Waals surface area contributed by atoms with Crippen molar-refractivity contribution in [1.82, 2.24) is 14.3 Å². The van der Waals surface area contributed by atoms with Crippen LogP contribution in [0.1, 0.15) is 18.2 Å². The van der Waals surface area contributed by atoms with Gasteiger partial charge in [-0.3, -0.25) is 4.98 Å². The lowest BCUT2D eigenvalue weighted by atomic mass is 10.3. The number of hydrogen-bond donors (Lipinski definition) is 1. The average molecular weight is 307 g/mol. The maximum Gasteiger partial charge on any atom is 0.260 e. The lowest BCUT2D eigenvalue weighted by molar-refractivity contribution is 0.281. The molecule has 2 rings (SSSR count). The highest BCUT2D eigenvalue weighted by atomic mass is 32.2. The van der Waals surface area contributed by atoms with Crippen LogP contribution in [0.15, 0.2) is 47.8 Å². The second-order valence-corrected chi connectivity index (χ2v) is 6.30. The summed E-state index contributed by atoms with van der Waals surface area (Å²) in [6.45, 7) is 2.12. The van der Waals surface area contributed by atoms with Gasteiger partial charge in [0, 0.05) is 18.9 Å². The molecule has 0 aliphatic heterocycles. The van der Waals surface area contributed by atoms with E-state index in [1.165, 1.54) is 16.6 Å². The van der Waals surface area contributed by atoms with Gasteiger partial charge in [0.1, 0.15) is 0 Å². The molecule has 0 unspecified atom stereocenters. The van der Waals surface area contributed by atoms with Gasteiger partial charge in [-0.2, -0.15) is 4.31 Å². The fourth-order valence-corrected chi connectivity index (χ4v) is 3.16. The molecule has 0 atom stereocenters.